The molecular weight excluding hydrogens is 350 g/mol. The maximum atomic E-state index is 6.57. The van der Waals surface area contributed by atoms with Crippen molar-refractivity contribution in [3.05, 3.63) is 35.6 Å². The fraction of sp³-hybridized carbons (Fsp3) is 0.400. The average molecular weight is 372 g/mol. The predicted octanol–water partition coefficient (Wildman–Crippen LogP) is 4.31. The van der Waals surface area contributed by atoms with Gasteiger partial charge in [-0.15, -0.1) is 0 Å². The normalized spacial score (nSPS) is 15.0. The van der Waals surface area contributed by atoms with E-state index in [0.29, 0.717) is 23.1 Å². The second-order valence-electron chi connectivity index (χ2n) is 6.59. The summed E-state index contributed by atoms with van der Waals surface area (Å²) in [5.41, 5.74) is 1.62. The van der Waals surface area contributed by atoms with Crippen LogP contribution >= 0.6 is 11.6 Å². The van der Waals surface area contributed by atoms with Crippen LogP contribution in [0, 0.1) is 0 Å². The number of rotatable bonds is 6. The Morgan fingerprint density at radius 2 is 1.96 bits per heavy atom. The number of aromatic nitrogens is 2. The molecule has 1 aromatic carbocycles. The van der Waals surface area contributed by atoms with Gasteiger partial charge in [-0.2, -0.15) is 0 Å². The smallest absolute Gasteiger partial charge is 0.163 e. The number of benzene rings is 1. The maximum Gasteiger partial charge on any atom is 0.163 e. The van der Waals surface area contributed by atoms with E-state index in [1.165, 1.54) is 25.9 Å². The zero-order valence-electron chi connectivity index (χ0n) is 14.9. The molecule has 1 aliphatic rings. The van der Waals surface area contributed by atoms with Gasteiger partial charge in [-0.05, 0) is 44.5 Å². The Hall–Kier alpha value is -2.11. The minimum absolute atomic E-state index is 0.636. The molecule has 5 nitrogen and oxygen atoms in total. The van der Waals surface area contributed by atoms with E-state index in [-0.39, 0.29) is 0 Å². The molecule has 0 atom stereocenters. The lowest BCUT2D eigenvalue weighted by Gasteiger charge is -2.16. The molecule has 1 saturated heterocycles. The average Bonchev–Trinajstić information content (AvgIpc) is 3.18. The molecule has 0 spiro atoms. The summed E-state index contributed by atoms with van der Waals surface area (Å²) >= 11 is 6.57. The molecule has 0 N–H and O–H groups in total. The topological polar surface area (TPSA) is 47.5 Å². The van der Waals surface area contributed by atoms with Crippen LogP contribution in [0.4, 0.5) is 0 Å². The van der Waals surface area contributed by atoms with Crippen LogP contribution in [0.5, 0.6) is 11.5 Å². The third-order valence-corrected chi connectivity index (χ3v) is 5.28. The number of nitrogens with zero attached hydrogens (tertiary/aromatic N) is 3. The van der Waals surface area contributed by atoms with Crippen LogP contribution in [0.2, 0.25) is 5.02 Å². The number of ether oxygens (including phenoxy) is 2. The van der Waals surface area contributed by atoms with Crippen molar-refractivity contribution in [3.63, 3.8) is 0 Å². The first kappa shape index (κ1) is 17.3. The van der Waals surface area contributed by atoms with Crippen LogP contribution < -0.4 is 9.47 Å². The molecule has 4 rings (SSSR count). The summed E-state index contributed by atoms with van der Waals surface area (Å²) in [4.78, 5) is 11.3. The quantitative estimate of drug-likeness (QED) is 0.477. The Labute approximate surface area is 157 Å². The van der Waals surface area contributed by atoms with Gasteiger partial charge in [0.1, 0.15) is 0 Å². The summed E-state index contributed by atoms with van der Waals surface area (Å²) in [7, 11) is 1.64. The summed E-state index contributed by atoms with van der Waals surface area (Å²) in [6.45, 7) is 4.16. The van der Waals surface area contributed by atoms with E-state index in [2.05, 4.69) is 9.88 Å². The third kappa shape index (κ3) is 3.41. The number of methoxy groups -OCH3 is 1. The van der Waals surface area contributed by atoms with Gasteiger partial charge in [0.15, 0.2) is 11.5 Å². The van der Waals surface area contributed by atoms with Crippen molar-refractivity contribution in [3.8, 4) is 11.5 Å². The Morgan fingerprint density at radius 1 is 1.12 bits per heavy atom. The molecule has 0 bridgehead atoms. The monoisotopic (exact) mass is 371 g/mol. The predicted molar refractivity (Wildman–Crippen MR) is 104 cm³/mol. The number of hydrogen-bond acceptors (Lipinski definition) is 5. The summed E-state index contributed by atoms with van der Waals surface area (Å²) < 4.78 is 11.5. The first-order valence-electron chi connectivity index (χ1n) is 9.02. The molecule has 6 heteroatoms. The van der Waals surface area contributed by atoms with Gasteiger partial charge in [-0.1, -0.05) is 11.6 Å². The molecule has 0 amide bonds. The zero-order valence-corrected chi connectivity index (χ0v) is 15.6. The lowest BCUT2D eigenvalue weighted by molar-refractivity contribution is 0.254. The molecule has 1 fully saturated rings. The molecule has 0 radical (unpaired) electrons. The lowest BCUT2D eigenvalue weighted by Crippen LogP contribution is -2.21. The number of halogens is 1. The van der Waals surface area contributed by atoms with Crippen molar-refractivity contribution in [2.75, 3.05) is 33.4 Å². The fourth-order valence-corrected chi connectivity index (χ4v) is 3.79. The maximum absolute atomic E-state index is 6.57. The summed E-state index contributed by atoms with van der Waals surface area (Å²) in [5.74, 6) is 1.38. The molecule has 3 heterocycles. The highest BCUT2D eigenvalue weighted by molar-refractivity contribution is 6.40. The van der Waals surface area contributed by atoms with E-state index < -0.39 is 0 Å². The van der Waals surface area contributed by atoms with Crippen LogP contribution in [0.1, 0.15) is 19.3 Å². The van der Waals surface area contributed by atoms with Gasteiger partial charge in [0.2, 0.25) is 0 Å². The lowest BCUT2D eigenvalue weighted by atomic mass is 10.1. The van der Waals surface area contributed by atoms with E-state index in [9.17, 15) is 0 Å². The number of fused-ring (bicyclic) bond motifs is 2. The highest BCUT2D eigenvalue weighted by atomic mass is 35.5. The van der Waals surface area contributed by atoms with Gasteiger partial charge in [0.25, 0.3) is 0 Å². The first-order chi connectivity index (χ1) is 12.8. The minimum atomic E-state index is 0.636. The van der Waals surface area contributed by atoms with Crippen LogP contribution in [0.25, 0.3) is 21.8 Å². The number of hydrogen-bond donors (Lipinski definition) is 0. The van der Waals surface area contributed by atoms with E-state index in [0.717, 1.165) is 34.8 Å². The zero-order chi connectivity index (χ0) is 17.9. The SMILES string of the molecule is COc1cc2c(Cl)c3cnccc3nc2cc1OCCCN1CCCC1. The van der Waals surface area contributed by atoms with Crippen molar-refractivity contribution < 1.29 is 9.47 Å². The second-order valence-corrected chi connectivity index (χ2v) is 6.97. The molecule has 136 valence electrons. The molecular formula is C20H22ClN3O2. The standard InChI is InChI=1S/C20H22ClN3O2/c1-25-18-11-14-17(23-16-5-6-22-13-15(16)20(14)21)12-19(18)26-10-4-9-24-7-2-3-8-24/h5-6,11-13H,2-4,7-10H2,1H3. The van der Waals surface area contributed by atoms with Crippen molar-refractivity contribution >= 4 is 33.4 Å². The van der Waals surface area contributed by atoms with Crippen molar-refractivity contribution in [2.24, 2.45) is 0 Å². The van der Waals surface area contributed by atoms with Crippen molar-refractivity contribution in [2.45, 2.75) is 19.3 Å². The van der Waals surface area contributed by atoms with E-state index in [4.69, 9.17) is 26.1 Å². The summed E-state index contributed by atoms with van der Waals surface area (Å²) in [5, 5.41) is 2.31. The molecule has 1 aliphatic heterocycles. The van der Waals surface area contributed by atoms with E-state index in [1.54, 1.807) is 19.5 Å². The molecule has 0 unspecified atom stereocenters. The molecule has 3 aromatic rings. The summed E-state index contributed by atoms with van der Waals surface area (Å²) in [6, 6.07) is 5.67. The van der Waals surface area contributed by atoms with Gasteiger partial charge in [-0.25, -0.2) is 4.98 Å². The highest BCUT2D eigenvalue weighted by Gasteiger charge is 2.14. The Bertz CT molecular complexity index is 926. The Morgan fingerprint density at radius 3 is 2.77 bits per heavy atom. The van der Waals surface area contributed by atoms with Gasteiger partial charge in [-0.3, -0.25) is 4.98 Å². The van der Waals surface area contributed by atoms with Crippen LogP contribution in [0.3, 0.4) is 0 Å². The third-order valence-electron chi connectivity index (χ3n) is 4.87. The van der Waals surface area contributed by atoms with Gasteiger partial charge in [0.05, 0.1) is 29.8 Å². The Kier molecular flexibility index (Phi) is 5.09. The second kappa shape index (κ2) is 7.64. The fourth-order valence-electron chi connectivity index (χ4n) is 3.49. The van der Waals surface area contributed by atoms with E-state index in [1.807, 2.05) is 18.2 Å². The van der Waals surface area contributed by atoms with Gasteiger partial charge >= 0.3 is 0 Å². The minimum Gasteiger partial charge on any atom is -0.493 e. The van der Waals surface area contributed by atoms with Crippen LogP contribution in [-0.4, -0.2) is 48.2 Å². The molecule has 2 aromatic heterocycles. The van der Waals surface area contributed by atoms with Crippen molar-refractivity contribution in [1.29, 1.82) is 0 Å². The highest BCUT2D eigenvalue weighted by Crippen LogP contribution is 2.37. The molecule has 26 heavy (non-hydrogen) atoms. The van der Waals surface area contributed by atoms with E-state index >= 15 is 0 Å². The summed E-state index contributed by atoms with van der Waals surface area (Å²) in [6.07, 6.45) is 7.08. The largest absolute Gasteiger partial charge is 0.493 e. The first-order valence-corrected chi connectivity index (χ1v) is 9.40. The van der Waals surface area contributed by atoms with Gasteiger partial charge in [0, 0.05) is 35.8 Å². The molecule has 0 saturated carbocycles. The van der Waals surface area contributed by atoms with Crippen molar-refractivity contribution in [1.82, 2.24) is 14.9 Å². The molecule has 0 aliphatic carbocycles. The van der Waals surface area contributed by atoms with Gasteiger partial charge < -0.3 is 14.4 Å². The Balaban J connectivity index is 1.58. The number of likely N-dealkylation sites (tertiary alicyclic amines) is 1. The van der Waals surface area contributed by atoms with Crippen LogP contribution in [-0.2, 0) is 0 Å². The number of pyridine rings is 2. The van der Waals surface area contributed by atoms with Crippen LogP contribution in [0.15, 0.2) is 30.6 Å².